The Morgan fingerprint density at radius 1 is 1.42 bits per heavy atom. The minimum Gasteiger partial charge on any atom is -0.485 e. The molecular formula is C14H17FN2O2. The molecule has 1 aromatic heterocycles. The molecule has 0 saturated heterocycles. The second-order valence-corrected chi connectivity index (χ2v) is 4.23. The second-order valence-electron chi connectivity index (χ2n) is 4.23. The van der Waals surface area contributed by atoms with E-state index in [9.17, 15) is 4.39 Å². The van der Waals surface area contributed by atoms with E-state index >= 15 is 0 Å². The number of aromatic nitrogens is 1. The first-order chi connectivity index (χ1) is 9.20. The number of rotatable bonds is 6. The van der Waals surface area contributed by atoms with Crippen molar-refractivity contribution in [2.75, 3.05) is 6.54 Å². The molecule has 0 aliphatic carbocycles. The van der Waals surface area contributed by atoms with Gasteiger partial charge in [-0.3, -0.25) is 0 Å². The van der Waals surface area contributed by atoms with E-state index in [1.54, 1.807) is 24.4 Å². The van der Waals surface area contributed by atoms with E-state index in [0.717, 1.165) is 6.54 Å². The fourth-order valence-corrected chi connectivity index (χ4v) is 1.84. The average Bonchev–Trinajstić information content (AvgIpc) is 2.89. The van der Waals surface area contributed by atoms with Gasteiger partial charge >= 0.3 is 0 Å². The molecule has 0 bridgehead atoms. The monoisotopic (exact) mass is 264 g/mol. The van der Waals surface area contributed by atoms with Crippen LogP contribution in [0.1, 0.15) is 31.2 Å². The SMILES string of the molecule is CCNC(C)c1ccc(OCc2ccno2)cc1F. The number of nitrogens with zero attached hydrogens (tertiary/aromatic N) is 1. The van der Waals surface area contributed by atoms with E-state index < -0.39 is 0 Å². The summed E-state index contributed by atoms with van der Waals surface area (Å²) in [6.07, 6.45) is 1.54. The zero-order valence-electron chi connectivity index (χ0n) is 11.0. The van der Waals surface area contributed by atoms with Crippen LogP contribution in [0, 0.1) is 5.82 Å². The molecule has 5 heteroatoms. The lowest BCUT2D eigenvalue weighted by Crippen LogP contribution is -2.18. The van der Waals surface area contributed by atoms with Gasteiger partial charge in [0.25, 0.3) is 0 Å². The summed E-state index contributed by atoms with van der Waals surface area (Å²) in [5.41, 5.74) is 0.633. The Morgan fingerprint density at radius 2 is 2.26 bits per heavy atom. The van der Waals surface area contributed by atoms with Gasteiger partial charge in [0.15, 0.2) is 5.76 Å². The van der Waals surface area contributed by atoms with Crippen molar-refractivity contribution < 1.29 is 13.7 Å². The maximum Gasteiger partial charge on any atom is 0.174 e. The van der Waals surface area contributed by atoms with E-state index in [1.807, 2.05) is 13.8 Å². The molecule has 0 radical (unpaired) electrons. The third-order valence-corrected chi connectivity index (χ3v) is 2.82. The minimum atomic E-state index is -0.275. The summed E-state index contributed by atoms with van der Waals surface area (Å²) in [6.45, 7) is 4.95. The van der Waals surface area contributed by atoms with Crippen molar-refractivity contribution in [3.05, 3.63) is 47.6 Å². The van der Waals surface area contributed by atoms with Gasteiger partial charge in [0.05, 0.1) is 6.20 Å². The molecular weight excluding hydrogens is 247 g/mol. The molecule has 0 amide bonds. The molecule has 1 unspecified atom stereocenters. The summed E-state index contributed by atoms with van der Waals surface area (Å²) < 4.78 is 24.3. The van der Waals surface area contributed by atoms with Crippen LogP contribution in [0.15, 0.2) is 35.0 Å². The molecule has 0 spiro atoms. The summed E-state index contributed by atoms with van der Waals surface area (Å²) >= 11 is 0. The zero-order chi connectivity index (χ0) is 13.7. The predicted octanol–water partition coefficient (Wildman–Crippen LogP) is 3.06. The molecule has 1 atom stereocenters. The Bertz CT molecular complexity index is 514. The molecule has 1 N–H and O–H groups in total. The van der Waals surface area contributed by atoms with Gasteiger partial charge in [-0.15, -0.1) is 0 Å². The van der Waals surface area contributed by atoms with Gasteiger partial charge in [-0.05, 0) is 19.5 Å². The average molecular weight is 264 g/mol. The predicted molar refractivity (Wildman–Crippen MR) is 69.3 cm³/mol. The van der Waals surface area contributed by atoms with Gasteiger partial charge in [-0.2, -0.15) is 0 Å². The Morgan fingerprint density at radius 3 is 2.89 bits per heavy atom. The van der Waals surface area contributed by atoms with E-state index in [-0.39, 0.29) is 18.5 Å². The van der Waals surface area contributed by atoms with Crippen LogP contribution in [0.5, 0.6) is 5.75 Å². The Kier molecular flexibility index (Phi) is 4.52. The van der Waals surface area contributed by atoms with Crippen molar-refractivity contribution in [3.8, 4) is 5.75 Å². The van der Waals surface area contributed by atoms with Crippen LogP contribution in [0.25, 0.3) is 0 Å². The van der Waals surface area contributed by atoms with Crippen molar-refractivity contribution in [3.63, 3.8) is 0 Å². The first kappa shape index (κ1) is 13.5. The highest BCUT2D eigenvalue weighted by Crippen LogP contribution is 2.22. The van der Waals surface area contributed by atoms with Gasteiger partial charge in [0.2, 0.25) is 0 Å². The lowest BCUT2D eigenvalue weighted by atomic mass is 10.1. The van der Waals surface area contributed by atoms with Crippen LogP contribution in [0.2, 0.25) is 0 Å². The number of benzene rings is 1. The second kappa shape index (κ2) is 6.33. The minimum absolute atomic E-state index is 0.0201. The number of hydrogen-bond donors (Lipinski definition) is 1. The van der Waals surface area contributed by atoms with E-state index in [4.69, 9.17) is 9.26 Å². The van der Waals surface area contributed by atoms with Crippen molar-refractivity contribution in [2.24, 2.45) is 0 Å². The van der Waals surface area contributed by atoms with Crippen LogP contribution in [-0.4, -0.2) is 11.7 Å². The maximum absolute atomic E-state index is 13.9. The third-order valence-electron chi connectivity index (χ3n) is 2.82. The fraction of sp³-hybridized carbons (Fsp3) is 0.357. The Labute approximate surface area is 111 Å². The third kappa shape index (κ3) is 3.54. The first-order valence-electron chi connectivity index (χ1n) is 6.26. The maximum atomic E-state index is 13.9. The molecule has 102 valence electrons. The molecule has 2 aromatic rings. The normalized spacial score (nSPS) is 12.4. The quantitative estimate of drug-likeness (QED) is 0.871. The summed E-state index contributed by atoms with van der Waals surface area (Å²) in [4.78, 5) is 0. The number of halogens is 1. The van der Waals surface area contributed by atoms with Gasteiger partial charge in [0, 0.05) is 23.7 Å². The molecule has 1 aromatic carbocycles. The Balaban J connectivity index is 2.02. The highest BCUT2D eigenvalue weighted by Gasteiger charge is 2.11. The van der Waals surface area contributed by atoms with Crippen molar-refractivity contribution >= 4 is 0 Å². The van der Waals surface area contributed by atoms with E-state index in [0.29, 0.717) is 17.1 Å². The summed E-state index contributed by atoms with van der Waals surface area (Å²) in [6, 6.07) is 6.56. The van der Waals surface area contributed by atoms with Gasteiger partial charge in [-0.1, -0.05) is 18.1 Å². The van der Waals surface area contributed by atoms with Gasteiger partial charge in [0.1, 0.15) is 18.2 Å². The molecule has 2 rings (SSSR count). The smallest absolute Gasteiger partial charge is 0.174 e. The van der Waals surface area contributed by atoms with Crippen molar-refractivity contribution in [1.29, 1.82) is 0 Å². The molecule has 1 heterocycles. The molecule has 0 saturated carbocycles. The van der Waals surface area contributed by atoms with Gasteiger partial charge in [-0.25, -0.2) is 4.39 Å². The lowest BCUT2D eigenvalue weighted by molar-refractivity contribution is 0.248. The van der Waals surface area contributed by atoms with Crippen LogP contribution in [0.4, 0.5) is 4.39 Å². The summed E-state index contributed by atoms with van der Waals surface area (Å²) in [7, 11) is 0. The standard InChI is InChI=1S/C14H17FN2O2/c1-3-16-10(2)13-5-4-11(8-14(13)15)18-9-12-6-7-17-19-12/h4-8,10,16H,3,9H2,1-2H3. The summed E-state index contributed by atoms with van der Waals surface area (Å²) in [5, 5.41) is 6.74. The number of ether oxygens (including phenoxy) is 1. The van der Waals surface area contributed by atoms with Gasteiger partial charge < -0.3 is 14.6 Å². The lowest BCUT2D eigenvalue weighted by Gasteiger charge is -2.14. The molecule has 4 nitrogen and oxygen atoms in total. The fourth-order valence-electron chi connectivity index (χ4n) is 1.84. The molecule has 0 aliphatic heterocycles. The first-order valence-corrected chi connectivity index (χ1v) is 6.26. The molecule has 0 aliphatic rings. The zero-order valence-corrected chi connectivity index (χ0v) is 11.0. The highest BCUT2D eigenvalue weighted by atomic mass is 19.1. The Hall–Kier alpha value is -1.88. The largest absolute Gasteiger partial charge is 0.485 e. The molecule has 0 fully saturated rings. The van der Waals surface area contributed by atoms with Crippen LogP contribution in [-0.2, 0) is 6.61 Å². The van der Waals surface area contributed by atoms with Crippen LogP contribution < -0.4 is 10.1 Å². The van der Waals surface area contributed by atoms with E-state index in [1.165, 1.54) is 6.07 Å². The van der Waals surface area contributed by atoms with Crippen molar-refractivity contribution in [2.45, 2.75) is 26.5 Å². The number of hydrogen-bond acceptors (Lipinski definition) is 4. The summed E-state index contributed by atoms with van der Waals surface area (Å²) in [5.74, 6) is 0.801. The molecule has 19 heavy (non-hydrogen) atoms. The number of nitrogens with one attached hydrogen (secondary N) is 1. The van der Waals surface area contributed by atoms with E-state index in [2.05, 4.69) is 10.5 Å². The van der Waals surface area contributed by atoms with Crippen molar-refractivity contribution in [1.82, 2.24) is 10.5 Å². The van der Waals surface area contributed by atoms with Crippen LogP contribution >= 0.6 is 0 Å². The van der Waals surface area contributed by atoms with Crippen LogP contribution in [0.3, 0.4) is 0 Å². The topological polar surface area (TPSA) is 47.3 Å². The highest BCUT2D eigenvalue weighted by molar-refractivity contribution is 5.30.